The lowest BCUT2D eigenvalue weighted by Gasteiger charge is -2.32. The molecule has 0 bridgehead atoms. The average Bonchev–Trinajstić information content (AvgIpc) is 2.48. The molecule has 0 unspecified atom stereocenters. The van der Waals surface area contributed by atoms with Crippen LogP contribution in [0, 0.1) is 0 Å². The fraction of sp³-hybridized carbons (Fsp3) is 0.647. The summed E-state index contributed by atoms with van der Waals surface area (Å²) in [6.07, 6.45) is 8.29. The van der Waals surface area contributed by atoms with Gasteiger partial charge in [-0.05, 0) is 49.8 Å². The van der Waals surface area contributed by atoms with E-state index in [4.69, 9.17) is 5.11 Å². The Morgan fingerprint density at radius 2 is 1.70 bits per heavy atom. The second-order valence-corrected chi connectivity index (χ2v) is 6.02. The molecule has 3 nitrogen and oxygen atoms in total. The van der Waals surface area contributed by atoms with Crippen molar-refractivity contribution in [2.75, 3.05) is 18.5 Å². The molecule has 0 heterocycles. The fourth-order valence-electron chi connectivity index (χ4n) is 2.88. The van der Waals surface area contributed by atoms with Crippen LogP contribution in [0.15, 0.2) is 24.3 Å². The monoisotopic (exact) mass is 277 g/mol. The Kier molecular flexibility index (Phi) is 5.86. The number of rotatable bonds is 7. The van der Waals surface area contributed by atoms with Crippen LogP contribution in [-0.4, -0.2) is 29.0 Å². The Bertz CT molecular complexity index is 382. The lowest BCUT2D eigenvalue weighted by atomic mass is 9.85. The third-order valence-corrected chi connectivity index (χ3v) is 4.23. The van der Waals surface area contributed by atoms with Crippen molar-refractivity contribution >= 4 is 5.69 Å². The zero-order chi connectivity index (χ0) is 14.3. The van der Waals surface area contributed by atoms with Gasteiger partial charge in [0.15, 0.2) is 0 Å². The summed E-state index contributed by atoms with van der Waals surface area (Å²) in [4.78, 5) is 0. The van der Waals surface area contributed by atoms with Crippen molar-refractivity contribution in [3.8, 4) is 0 Å². The maximum absolute atomic E-state index is 10.4. The molecule has 0 radical (unpaired) electrons. The van der Waals surface area contributed by atoms with Crippen LogP contribution >= 0.6 is 0 Å². The van der Waals surface area contributed by atoms with Gasteiger partial charge in [-0.25, -0.2) is 0 Å². The molecule has 1 aliphatic rings. The first-order valence-corrected chi connectivity index (χ1v) is 7.88. The van der Waals surface area contributed by atoms with Gasteiger partial charge in [0.05, 0.1) is 5.60 Å². The van der Waals surface area contributed by atoms with Gasteiger partial charge in [0.1, 0.15) is 0 Å². The molecular formula is C17H27NO2. The summed E-state index contributed by atoms with van der Waals surface area (Å²) in [5.74, 6) is 0. The van der Waals surface area contributed by atoms with Gasteiger partial charge in [0.2, 0.25) is 0 Å². The van der Waals surface area contributed by atoms with E-state index in [1.807, 2.05) is 0 Å². The quantitative estimate of drug-likeness (QED) is 0.671. The van der Waals surface area contributed by atoms with Crippen molar-refractivity contribution in [1.82, 2.24) is 0 Å². The molecular weight excluding hydrogens is 250 g/mol. The standard InChI is InChI=1S/C17H27NO2/c19-13-5-2-6-15-7-9-16(10-8-15)18-14-17(20)11-3-1-4-12-17/h7-10,18-20H,1-6,11-14H2. The summed E-state index contributed by atoms with van der Waals surface area (Å²) in [6.45, 7) is 0.926. The highest BCUT2D eigenvalue weighted by molar-refractivity contribution is 5.45. The van der Waals surface area contributed by atoms with Crippen LogP contribution in [0.2, 0.25) is 0 Å². The van der Waals surface area contributed by atoms with E-state index in [0.29, 0.717) is 6.54 Å². The van der Waals surface area contributed by atoms with Gasteiger partial charge in [-0.15, -0.1) is 0 Å². The number of nitrogens with one attached hydrogen (secondary N) is 1. The highest BCUT2D eigenvalue weighted by atomic mass is 16.3. The molecule has 1 fully saturated rings. The summed E-state index contributed by atoms with van der Waals surface area (Å²) in [6, 6.07) is 8.43. The van der Waals surface area contributed by atoms with Crippen molar-refractivity contribution in [3.63, 3.8) is 0 Å². The van der Waals surface area contributed by atoms with Crippen LogP contribution in [0.1, 0.15) is 50.5 Å². The van der Waals surface area contributed by atoms with E-state index in [0.717, 1.165) is 50.6 Å². The van der Waals surface area contributed by atoms with Crippen molar-refractivity contribution in [3.05, 3.63) is 29.8 Å². The van der Waals surface area contributed by atoms with E-state index >= 15 is 0 Å². The third kappa shape index (κ3) is 4.80. The SMILES string of the molecule is OCCCCc1ccc(NCC2(O)CCCCC2)cc1. The Labute approximate surface area is 122 Å². The molecule has 0 spiro atoms. The summed E-state index contributed by atoms with van der Waals surface area (Å²) < 4.78 is 0. The molecule has 0 aliphatic heterocycles. The molecule has 112 valence electrons. The topological polar surface area (TPSA) is 52.5 Å². The first-order valence-electron chi connectivity index (χ1n) is 7.88. The minimum atomic E-state index is -0.516. The van der Waals surface area contributed by atoms with E-state index in [1.165, 1.54) is 12.0 Å². The predicted molar refractivity (Wildman–Crippen MR) is 83.0 cm³/mol. The van der Waals surface area contributed by atoms with E-state index < -0.39 is 5.60 Å². The van der Waals surface area contributed by atoms with Crippen LogP contribution in [0.25, 0.3) is 0 Å². The molecule has 1 saturated carbocycles. The van der Waals surface area contributed by atoms with Crippen molar-refractivity contribution in [2.24, 2.45) is 0 Å². The first kappa shape index (κ1) is 15.3. The second kappa shape index (κ2) is 7.65. The zero-order valence-corrected chi connectivity index (χ0v) is 12.3. The number of aliphatic hydroxyl groups is 2. The van der Waals surface area contributed by atoms with Gasteiger partial charge in [0, 0.05) is 18.8 Å². The van der Waals surface area contributed by atoms with Crippen molar-refractivity contribution in [2.45, 2.75) is 57.0 Å². The van der Waals surface area contributed by atoms with Gasteiger partial charge in [-0.3, -0.25) is 0 Å². The molecule has 0 atom stereocenters. The number of unbranched alkanes of at least 4 members (excludes halogenated alkanes) is 1. The van der Waals surface area contributed by atoms with E-state index in [2.05, 4.69) is 29.6 Å². The van der Waals surface area contributed by atoms with E-state index in [-0.39, 0.29) is 6.61 Å². The number of benzene rings is 1. The molecule has 3 N–H and O–H groups in total. The molecule has 0 aromatic heterocycles. The maximum atomic E-state index is 10.4. The summed E-state index contributed by atoms with van der Waals surface area (Å²) in [5.41, 5.74) is 1.87. The number of aryl methyl sites for hydroxylation is 1. The molecule has 20 heavy (non-hydrogen) atoms. The van der Waals surface area contributed by atoms with Crippen LogP contribution < -0.4 is 5.32 Å². The Balaban J connectivity index is 1.78. The van der Waals surface area contributed by atoms with E-state index in [9.17, 15) is 5.11 Å². The Morgan fingerprint density at radius 3 is 2.35 bits per heavy atom. The molecule has 0 amide bonds. The molecule has 2 rings (SSSR count). The fourth-order valence-corrected chi connectivity index (χ4v) is 2.88. The Hall–Kier alpha value is -1.06. The normalized spacial score (nSPS) is 17.9. The molecule has 0 saturated heterocycles. The van der Waals surface area contributed by atoms with Crippen LogP contribution in [0.4, 0.5) is 5.69 Å². The minimum Gasteiger partial charge on any atom is -0.396 e. The zero-order valence-electron chi connectivity index (χ0n) is 12.3. The number of hydrogen-bond acceptors (Lipinski definition) is 3. The molecule has 1 aromatic rings. The third-order valence-electron chi connectivity index (χ3n) is 4.23. The Morgan fingerprint density at radius 1 is 1.00 bits per heavy atom. The predicted octanol–water partition coefficient (Wildman–Crippen LogP) is 3.11. The van der Waals surface area contributed by atoms with Crippen molar-refractivity contribution < 1.29 is 10.2 Å². The van der Waals surface area contributed by atoms with Gasteiger partial charge < -0.3 is 15.5 Å². The van der Waals surface area contributed by atoms with Crippen LogP contribution in [-0.2, 0) is 6.42 Å². The summed E-state index contributed by atoms with van der Waals surface area (Å²) >= 11 is 0. The molecule has 1 aromatic carbocycles. The maximum Gasteiger partial charge on any atom is 0.0819 e. The lowest BCUT2D eigenvalue weighted by molar-refractivity contribution is 0.0167. The highest BCUT2D eigenvalue weighted by Crippen LogP contribution is 2.28. The first-order chi connectivity index (χ1) is 9.72. The number of anilines is 1. The van der Waals surface area contributed by atoms with Gasteiger partial charge >= 0.3 is 0 Å². The average molecular weight is 277 g/mol. The van der Waals surface area contributed by atoms with Gasteiger partial charge in [0.25, 0.3) is 0 Å². The minimum absolute atomic E-state index is 0.276. The summed E-state index contributed by atoms with van der Waals surface area (Å²) in [5, 5.41) is 22.6. The lowest BCUT2D eigenvalue weighted by Crippen LogP contribution is -2.38. The molecule has 1 aliphatic carbocycles. The van der Waals surface area contributed by atoms with E-state index in [1.54, 1.807) is 0 Å². The smallest absolute Gasteiger partial charge is 0.0819 e. The van der Waals surface area contributed by atoms with Gasteiger partial charge in [-0.1, -0.05) is 31.4 Å². The number of hydrogen-bond donors (Lipinski definition) is 3. The van der Waals surface area contributed by atoms with Crippen molar-refractivity contribution in [1.29, 1.82) is 0 Å². The summed E-state index contributed by atoms with van der Waals surface area (Å²) in [7, 11) is 0. The molecule has 3 heteroatoms. The van der Waals surface area contributed by atoms with Crippen LogP contribution in [0.5, 0.6) is 0 Å². The largest absolute Gasteiger partial charge is 0.396 e. The van der Waals surface area contributed by atoms with Crippen LogP contribution in [0.3, 0.4) is 0 Å². The highest BCUT2D eigenvalue weighted by Gasteiger charge is 2.28. The number of aliphatic hydroxyl groups excluding tert-OH is 1. The van der Waals surface area contributed by atoms with Gasteiger partial charge in [-0.2, -0.15) is 0 Å². The second-order valence-electron chi connectivity index (χ2n) is 6.02.